The van der Waals surface area contributed by atoms with Gasteiger partial charge in [-0.2, -0.15) is 0 Å². The number of primary amides is 1. The van der Waals surface area contributed by atoms with E-state index in [-0.39, 0.29) is 11.3 Å². The Kier molecular flexibility index (Phi) is 3.23. The van der Waals surface area contributed by atoms with Crippen molar-refractivity contribution >= 4 is 23.2 Å². The number of carbonyl (C=O) groups excluding carboxylic acids is 1. The van der Waals surface area contributed by atoms with Crippen LogP contribution in [-0.2, 0) is 0 Å². The number of amides is 1. The number of hydrogen-bond donors (Lipinski definition) is 1. The van der Waals surface area contributed by atoms with Gasteiger partial charge in [-0.15, -0.1) is 5.10 Å². The Morgan fingerprint density at radius 1 is 1.43 bits per heavy atom. The molecule has 0 atom stereocenters. The average molecular weight is 302 g/mol. The van der Waals surface area contributed by atoms with E-state index in [1.165, 1.54) is 11.6 Å². The van der Waals surface area contributed by atoms with Crippen LogP contribution >= 0.6 is 11.6 Å². The number of nitrogens with zero attached hydrogens (tertiary/aromatic N) is 3. The molecule has 3 rings (SSSR count). The first-order chi connectivity index (χ1) is 10.1. The van der Waals surface area contributed by atoms with Crippen LogP contribution in [0.25, 0.3) is 16.9 Å². The number of ether oxygens (including phenoxy) is 1. The van der Waals surface area contributed by atoms with Crippen LogP contribution in [0.3, 0.4) is 0 Å². The lowest BCUT2D eigenvalue weighted by Gasteiger charge is -2.11. The number of halogens is 1. The van der Waals surface area contributed by atoms with Gasteiger partial charge in [0.25, 0.3) is 5.91 Å². The van der Waals surface area contributed by atoms with Gasteiger partial charge in [0.15, 0.2) is 11.4 Å². The highest BCUT2D eigenvalue weighted by Gasteiger charge is 2.19. The van der Waals surface area contributed by atoms with Crippen molar-refractivity contribution in [3.63, 3.8) is 0 Å². The summed E-state index contributed by atoms with van der Waals surface area (Å²) in [5, 5.41) is 4.61. The average Bonchev–Trinajstić information content (AvgIpc) is 2.94. The van der Waals surface area contributed by atoms with Gasteiger partial charge in [0.05, 0.1) is 18.4 Å². The Hall–Kier alpha value is -2.60. The zero-order valence-electron chi connectivity index (χ0n) is 11.0. The maximum absolute atomic E-state index is 11.6. The van der Waals surface area contributed by atoms with Crippen LogP contribution < -0.4 is 10.5 Å². The minimum absolute atomic E-state index is 0.223. The molecule has 0 saturated carbocycles. The maximum atomic E-state index is 11.6. The first kappa shape index (κ1) is 13.4. The number of pyridine rings is 1. The molecule has 21 heavy (non-hydrogen) atoms. The van der Waals surface area contributed by atoms with Crippen molar-refractivity contribution in [1.82, 2.24) is 14.6 Å². The van der Waals surface area contributed by atoms with E-state index in [4.69, 9.17) is 22.1 Å². The van der Waals surface area contributed by atoms with Crippen LogP contribution in [0.5, 0.6) is 5.75 Å². The van der Waals surface area contributed by atoms with E-state index in [0.29, 0.717) is 16.4 Å². The summed E-state index contributed by atoms with van der Waals surface area (Å²) in [4.78, 5) is 15.6. The molecule has 2 heterocycles. The molecular weight excluding hydrogens is 292 g/mol. The zero-order chi connectivity index (χ0) is 15.0. The van der Waals surface area contributed by atoms with Crippen molar-refractivity contribution in [2.75, 3.05) is 7.11 Å². The molecular formula is C14H10ClN4O2. The van der Waals surface area contributed by atoms with E-state index in [9.17, 15) is 4.79 Å². The number of nitrogens with two attached hydrogens (primary N) is 1. The molecule has 0 aliphatic carbocycles. The van der Waals surface area contributed by atoms with Gasteiger partial charge in [-0.05, 0) is 18.2 Å². The molecule has 6 nitrogen and oxygen atoms in total. The highest BCUT2D eigenvalue weighted by Crippen LogP contribution is 2.30. The molecule has 0 saturated heterocycles. The lowest BCUT2D eigenvalue weighted by atomic mass is 10.1. The molecule has 2 N–H and O–H groups in total. The minimum atomic E-state index is -0.611. The van der Waals surface area contributed by atoms with E-state index < -0.39 is 5.91 Å². The second-order valence-corrected chi connectivity index (χ2v) is 4.73. The summed E-state index contributed by atoms with van der Waals surface area (Å²) in [5.41, 5.74) is 7.40. The SMILES string of the molecule is COc1c(C(N)=O)cc(-c2cccc(Cl)c2)n2n[c]nc12. The van der Waals surface area contributed by atoms with Crippen molar-refractivity contribution in [1.29, 1.82) is 0 Å². The summed E-state index contributed by atoms with van der Waals surface area (Å²) in [5.74, 6) is -0.345. The highest BCUT2D eigenvalue weighted by molar-refractivity contribution is 6.30. The summed E-state index contributed by atoms with van der Waals surface area (Å²) in [6.07, 6.45) is 2.50. The second kappa shape index (κ2) is 5.06. The van der Waals surface area contributed by atoms with Crippen molar-refractivity contribution in [3.8, 4) is 17.0 Å². The Labute approximate surface area is 125 Å². The van der Waals surface area contributed by atoms with Crippen LogP contribution in [0.1, 0.15) is 10.4 Å². The molecule has 0 fully saturated rings. The van der Waals surface area contributed by atoms with Crippen LogP contribution in [-0.4, -0.2) is 27.6 Å². The molecule has 0 bridgehead atoms. The van der Waals surface area contributed by atoms with E-state index in [1.54, 1.807) is 24.3 Å². The number of hydrogen-bond acceptors (Lipinski definition) is 4. The summed E-state index contributed by atoms with van der Waals surface area (Å²) < 4.78 is 6.75. The van der Waals surface area contributed by atoms with Crippen molar-refractivity contribution < 1.29 is 9.53 Å². The quantitative estimate of drug-likeness (QED) is 0.801. The topological polar surface area (TPSA) is 82.5 Å². The molecule has 0 aliphatic rings. The lowest BCUT2D eigenvalue weighted by molar-refractivity contribution is 0.0997. The Morgan fingerprint density at radius 2 is 2.24 bits per heavy atom. The summed E-state index contributed by atoms with van der Waals surface area (Å²) in [7, 11) is 1.44. The van der Waals surface area contributed by atoms with Gasteiger partial charge in [0, 0.05) is 10.6 Å². The van der Waals surface area contributed by atoms with Crippen LogP contribution in [0.4, 0.5) is 0 Å². The van der Waals surface area contributed by atoms with E-state index >= 15 is 0 Å². The first-order valence-electron chi connectivity index (χ1n) is 6.01. The molecule has 1 aromatic carbocycles. The van der Waals surface area contributed by atoms with Gasteiger partial charge in [-0.25, -0.2) is 9.50 Å². The standard InChI is InChI=1S/C14H10ClN4O2/c1-21-12-10(13(16)20)6-11(19-14(12)17-7-18-19)8-3-2-4-9(15)5-8/h2-6H,1H3,(H2,16,20). The van der Waals surface area contributed by atoms with E-state index in [0.717, 1.165) is 5.56 Å². The van der Waals surface area contributed by atoms with Gasteiger partial charge in [-0.3, -0.25) is 4.79 Å². The van der Waals surface area contributed by atoms with Gasteiger partial charge >= 0.3 is 0 Å². The number of aromatic nitrogens is 3. The number of benzene rings is 1. The van der Waals surface area contributed by atoms with Crippen molar-refractivity contribution in [2.24, 2.45) is 5.73 Å². The molecule has 0 spiro atoms. The van der Waals surface area contributed by atoms with Crippen LogP contribution in [0.15, 0.2) is 30.3 Å². The fourth-order valence-electron chi connectivity index (χ4n) is 2.15. The Morgan fingerprint density at radius 3 is 2.90 bits per heavy atom. The predicted octanol–water partition coefficient (Wildman–Crippen LogP) is 1.96. The predicted molar refractivity (Wildman–Crippen MR) is 77.3 cm³/mol. The molecule has 1 radical (unpaired) electrons. The fraction of sp³-hybridized carbons (Fsp3) is 0.0714. The van der Waals surface area contributed by atoms with Gasteiger partial charge in [0.1, 0.15) is 0 Å². The number of methoxy groups -OCH3 is 1. The second-order valence-electron chi connectivity index (χ2n) is 4.30. The fourth-order valence-corrected chi connectivity index (χ4v) is 2.34. The molecule has 0 unspecified atom stereocenters. The normalized spacial score (nSPS) is 10.8. The summed E-state index contributed by atoms with van der Waals surface area (Å²) in [6, 6.07) is 8.77. The molecule has 2 aromatic heterocycles. The largest absolute Gasteiger partial charge is 0.492 e. The van der Waals surface area contributed by atoms with Gasteiger partial charge in [-0.1, -0.05) is 23.7 Å². The zero-order valence-corrected chi connectivity index (χ0v) is 11.8. The van der Waals surface area contributed by atoms with Gasteiger partial charge in [0.2, 0.25) is 6.33 Å². The van der Waals surface area contributed by atoms with E-state index in [1.807, 2.05) is 6.07 Å². The van der Waals surface area contributed by atoms with E-state index in [2.05, 4.69) is 16.4 Å². The monoisotopic (exact) mass is 301 g/mol. The number of fused-ring (bicyclic) bond motifs is 1. The van der Waals surface area contributed by atoms with Crippen LogP contribution in [0.2, 0.25) is 5.02 Å². The smallest absolute Gasteiger partial charge is 0.252 e. The minimum Gasteiger partial charge on any atom is -0.492 e. The third-order valence-corrected chi connectivity index (χ3v) is 3.28. The Balaban J connectivity index is 2.38. The maximum Gasteiger partial charge on any atom is 0.252 e. The molecule has 105 valence electrons. The molecule has 7 heteroatoms. The van der Waals surface area contributed by atoms with Crippen LogP contribution in [0, 0.1) is 6.33 Å². The van der Waals surface area contributed by atoms with Gasteiger partial charge < -0.3 is 10.5 Å². The molecule has 0 aliphatic heterocycles. The lowest BCUT2D eigenvalue weighted by Crippen LogP contribution is -2.14. The molecule has 3 aromatic rings. The third-order valence-electron chi connectivity index (χ3n) is 3.05. The molecule has 1 amide bonds. The number of carbonyl (C=O) groups is 1. The summed E-state index contributed by atoms with van der Waals surface area (Å²) >= 11 is 6.01. The Bertz CT molecular complexity index is 844. The highest BCUT2D eigenvalue weighted by atomic mass is 35.5. The number of rotatable bonds is 3. The van der Waals surface area contributed by atoms with Crippen molar-refractivity contribution in [2.45, 2.75) is 0 Å². The first-order valence-corrected chi connectivity index (χ1v) is 6.39. The van der Waals surface area contributed by atoms with Crippen molar-refractivity contribution in [3.05, 3.63) is 47.2 Å². The third kappa shape index (κ3) is 2.19. The summed E-state index contributed by atoms with van der Waals surface area (Å²) in [6.45, 7) is 0.